The topological polar surface area (TPSA) is 96.2 Å². The molecule has 2 fully saturated rings. The highest BCUT2D eigenvalue weighted by Gasteiger charge is 2.63. The number of rotatable bonds is 6. The van der Waals surface area contributed by atoms with Gasteiger partial charge in [0, 0.05) is 49.9 Å². The van der Waals surface area contributed by atoms with Crippen molar-refractivity contribution < 1.29 is 26.7 Å². The molecular weight excluding hydrogens is 497 g/mol. The largest absolute Gasteiger partial charge is 0.396 e. The molecule has 2 saturated carbocycles. The van der Waals surface area contributed by atoms with Crippen molar-refractivity contribution in [2.75, 3.05) is 23.7 Å². The van der Waals surface area contributed by atoms with Crippen LogP contribution in [0.25, 0.3) is 11.1 Å². The number of anilines is 2. The highest BCUT2D eigenvalue weighted by Crippen LogP contribution is 2.57. The smallest absolute Gasteiger partial charge is 0.366 e. The zero-order valence-electron chi connectivity index (χ0n) is 19.4. The molecule has 0 unspecified atom stereocenters. The standard InChI is InChI=1S/C24H22F5N7O/c25-23(26)8-14(9-23)34-20(37)17-11-33-36-6-2-13(7-18(17)36)15-1-5-30-19-16(15)10-31-21(35-19)32-12-22(3-4-22)24(27,28)29/h1-2,6-7,10-11,14H,3-5,8-9,12H2,(H,34,37)(H2,30,31,32,35). The van der Waals surface area contributed by atoms with E-state index in [9.17, 15) is 26.7 Å². The van der Waals surface area contributed by atoms with Gasteiger partial charge in [0.1, 0.15) is 5.82 Å². The first-order valence-corrected chi connectivity index (χ1v) is 11.8. The summed E-state index contributed by atoms with van der Waals surface area (Å²) >= 11 is 0. The molecule has 3 aromatic rings. The Balaban J connectivity index is 1.22. The van der Waals surface area contributed by atoms with Crippen LogP contribution < -0.4 is 16.0 Å². The molecular formula is C24H22F5N7O. The Kier molecular flexibility index (Phi) is 5.18. The Bertz CT molecular complexity index is 1420. The second kappa shape index (κ2) is 8.12. The molecule has 6 rings (SSSR count). The van der Waals surface area contributed by atoms with E-state index in [1.165, 1.54) is 10.7 Å². The Morgan fingerprint density at radius 2 is 2.00 bits per heavy atom. The fourth-order valence-electron chi connectivity index (χ4n) is 4.74. The third kappa shape index (κ3) is 4.25. The van der Waals surface area contributed by atoms with Crippen LogP contribution in [0.1, 0.15) is 47.2 Å². The third-order valence-electron chi connectivity index (χ3n) is 7.20. The zero-order chi connectivity index (χ0) is 26.0. The van der Waals surface area contributed by atoms with Crippen molar-refractivity contribution in [2.24, 2.45) is 5.41 Å². The lowest BCUT2D eigenvalue weighted by atomic mass is 9.88. The van der Waals surface area contributed by atoms with Crippen LogP contribution in [0.2, 0.25) is 0 Å². The molecule has 3 aromatic heterocycles. The molecule has 0 atom stereocenters. The van der Waals surface area contributed by atoms with Gasteiger partial charge < -0.3 is 16.0 Å². The molecule has 37 heavy (non-hydrogen) atoms. The van der Waals surface area contributed by atoms with Gasteiger partial charge in [-0.1, -0.05) is 6.08 Å². The molecule has 4 heterocycles. The number of carbonyl (C=O) groups excluding carboxylic acids is 1. The maximum Gasteiger partial charge on any atom is 0.396 e. The van der Waals surface area contributed by atoms with Gasteiger partial charge in [0.25, 0.3) is 11.8 Å². The molecule has 2 aliphatic carbocycles. The molecule has 194 valence electrons. The number of fused-ring (bicyclic) bond motifs is 2. The van der Waals surface area contributed by atoms with Crippen LogP contribution in [-0.2, 0) is 0 Å². The van der Waals surface area contributed by atoms with Crippen molar-refractivity contribution in [3.63, 3.8) is 0 Å². The van der Waals surface area contributed by atoms with E-state index in [4.69, 9.17) is 0 Å². The monoisotopic (exact) mass is 519 g/mol. The van der Waals surface area contributed by atoms with Gasteiger partial charge in [0.15, 0.2) is 0 Å². The van der Waals surface area contributed by atoms with Gasteiger partial charge in [-0.2, -0.15) is 23.3 Å². The molecule has 1 amide bonds. The van der Waals surface area contributed by atoms with Crippen molar-refractivity contribution in [1.29, 1.82) is 0 Å². The van der Waals surface area contributed by atoms with E-state index in [1.807, 2.05) is 6.08 Å². The molecule has 0 saturated heterocycles. The van der Waals surface area contributed by atoms with Crippen LogP contribution in [0.4, 0.5) is 33.7 Å². The number of nitrogens with zero attached hydrogens (tertiary/aromatic N) is 4. The fraction of sp³-hybridized carbons (Fsp3) is 0.417. The van der Waals surface area contributed by atoms with E-state index < -0.39 is 29.5 Å². The molecule has 8 nitrogen and oxygen atoms in total. The summed E-state index contributed by atoms with van der Waals surface area (Å²) in [6.45, 7) is 0.151. The molecule has 1 aliphatic heterocycles. The van der Waals surface area contributed by atoms with Gasteiger partial charge in [-0.15, -0.1) is 0 Å². The summed E-state index contributed by atoms with van der Waals surface area (Å²) in [4.78, 5) is 21.3. The van der Waals surface area contributed by atoms with E-state index >= 15 is 0 Å². The number of pyridine rings is 1. The molecule has 3 aliphatic rings. The van der Waals surface area contributed by atoms with Crippen LogP contribution >= 0.6 is 0 Å². The van der Waals surface area contributed by atoms with E-state index in [1.54, 1.807) is 24.5 Å². The van der Waals surface area contributed by atoms with Gasteiger partial charge in [0.2, 0.25) is 5.95 Å². The summed E-state index contributed by atoms with van der Waals surface area (Å²) in [6.07, 6.45) is 1.68. The van der Waals surface area contributed by atoms with Crippen molar-refractivity contribution in [2.45, 2.75) is 43.8 Å². The minimum atomic E-state index is -4.27. The highest BCUT2D eigenvalue weighted by atomic mass is 19.4. The van der Waals surface area contributed by atoms with E-state index in [2.05, 4.69) is 31.0 Å². The Morgan fingerprint density at radius 1 is 1.22 bits per heavy atom. The number of hydrogen-bond acceptors (Lipinski definition) is 6. The van der Waals surface area contributed by atoms with Crippen LogP contribution in [0, 0.1) is 5.41 Å². The van der Waals surface area contributed by atoms with E-state index in [0.717, 1.165) is 11.1 Å². The van der Waals surface area contributed by atoms with Crippen LogP contribution in [0.3, 0.4) is 0 Å². The average molecular weight is 519 g/mol. The average Bonchev–Trinajstić information content (AvgIpc) is 3.53. The number of alkyl halides is 5. The first-order chi connectivity index (χ1) is 17.5. The summed E-state index contributed by atoms with van der Waals surface area (Å²) in [5, 5.41) is 12.7. The minimum absolute atomic E-state index is 0.0871. The van der Waals surface area contributed by atoms with E-state index in [0.29, 0.717) is 23.4 Å². The van der Waals surface area contributed by atoms with Crippen LogP contribution in [-0.4, -0.2) is 56.7 Å². The maximum atomic E-state index is 13.2. The number of carbonyl (C=O) groups is 1. The second-order valence-electron chi connectivity index (χ2n) is 9.82. The molecule has 0 bridgehead atoms. The summed E-state index contributed by atoms with van der Waals surface area (Å²) in [7, 11) is 0. The SMILES string of the molecule is O=C(NC1CC(F)(F)C1)c1cnn2ccc(C3=CCNc4nc(NCC5(C(F)(F)F)CC5)ncc43)cc12. The number of hydrogen-bond donors (Lipinski definition) is 3. The quantitative estimate of drug-likeness (QED) is 0.421. The predicted octanol–water partition coefficient (Wildman–Crippen LogP) is 4.26. The second-order valence-corrected chi connectivity index (χ2v) is 9.82. The number of halogens is 5. The zero-order valence-corrected chi connectivity index (χ0v) is 19.4. The first kappa shape index (κ1) is 23.6. The number of aromatic nitrogens is 4. The fourth-order valence-corrected chi connectivity index (χ4v) is 4.74. The van der Waals surface area contributed by atoms with Gasteiger partial charge in [-0.05, 0) is 36.1 Å². The molecule has 3 N–H and O–H groups in total. The third-order valence-corrected chi connectivity index (χ3v) is 7.20. The van der Waals surface area contributed by atoms with Gasteiger partial charge in [-0.25, -0.2) is 18.3 Å². The lowest BCUT2D eigenvalue weighted by Crippen LogP contribution is -2.50. The maximum absolute atomic E-state index is 13.2. The summed E-state index contributed by atoms with van der Waals surface area (Å²) in [5.41, 5.74) is 1.24. The van der Waals surface area contributed by atoms with Crippen LogP contribution in [0.5, 0.6) is 0 Å². The van der Waals surface area contributed by atoms with Gasteiger partial charge in [-0.3, -0.25) is 4.79 Å². The summed E-state index contributed by atoms with van der Waals surface area (Å²) in [6, 6.07) is 3.00. The van der Waals surface area contributed by atoms with Crippen molar-refractivity contribution in [3.8, 4) is 0 Å². The normalized spacial score (nSPS) is 19.9. The Morgan fingerprint density at radius 3 is 2.70 bits per heavy atom. The van der Waals surface area contributed by atoms with Gasteiger partial charge in [0.05, 0.1) is 22.7 Å². The first-order valence-electron chi connectivity index (χ1n) is 11.8. The van der Waals surface area contributed by atoms with E-state index in [-0.39, 0.29) is 43.7 Å². The number of nitrogens with one attached hydrogen (secondary N) is 3. The molecule has 0 spiro atoms. The summed E-state index contributed by atoms with van der Waals surface area (Å²) in [5.74, 6) is -2.63. The molecule has 13 heteroatoms. The summed E-state index contributed by atoms with van der Waals surface area (Å²) < 4.78 is 67.5. The molecule has 0 radical (unpaired) electrons. The van der Waals surface area contributed by atoms with Crippen molar-refractivity contribution >= 4 is 28.8 Å². The lowest BCUT2D eigenvalue weighted by Gasteiger charge is -2.35. The van der Waals surface area contributed by atoms with Crippen molar-refractivity contribution in [3.05, 3.63) is 53.5 Å². The van der Waals surface area contributed by atoms with Crippen molar-refractivity contribution in [1.82, 2.24) is 24.9 Å². The highest BCUT2D eigenvalue weighted by molar-refractivity contribution is 6.01. The number of amides is 1. The Hall–Kier alpha value is -3.77. The minimum Gasteiger partial charge on any atom is -0.366 e. The van der Waals surface area contributed by atoms with Gasteiger partial charge >= 0.3 is 6.18 Å². The Labute approximate surface area is 207 Å². The predicted molar refractivity (Wildman–Crippen MR) is 124 cm³/mol. The lowest BCUT2D eigenvalue weighted by molar-refractivity contribution is -0.182. The molecule has 0 aromatic carbocycles. The van der Waals surface area contributed by atoms with Crippen LogP contribution in [0.15, 0.2) is 36.8 Å².